The third kappa shape index (κ3) is 3.86. The quantitative estimate of drug-likeness (QED) is 0.435. The summed E-state index contributed by atoms with van der Waals surface area (Å²) in [4.78, 5) is 28.1. The Morgan fingerprint density at radius 2 is 1.54 bits per heavy atom. The van der Waals surface area contributed by atoms with Gasteiger partial charge in [-0.2, -0.15) is 0 Å². The molecular formula is C19H20N2O2S. The van der Waals surface area contributed by atoms with E-state index in [0.29, 0.717) is 6.42 Å². The van der Waals surface area contributed by atoms with E-state index in [1.54, 1.807) is 12.2 Å². The summed E-state index contributed by atoms with van der Waals surface area (Å²) in [5.74, 6) is -1.32. The maximum absolute atomic E-state index is 12.6. The minimum Gasteiger partial charge on any atom is -0.284 e. The van der Waals surface area contributed by atoms with Gasteiger partial charge in [-0.1, -0.05) is 54.6 Å². The summed E-state index contributed by atoms with van der Waals surface area (Å²) in [6, 6.07) is 9.74. The predicted molar refractivity (Wildman–Crippen MR) is 100 cm³/mol. The molecule has 0 N–H and O–H groups in total. The molecule has 0 atom stereocenters. The predicted octanol–water partition coefficient (Wildman–Crippen LogP) is 3.03. The lowest BCUT2D eigenvalue weighted by molar-refractivity contribution is -0.146. The number of rotatable bonds is 7. The van der Waals surface area contributed by atoms with E-state index in [1.165, 1.54) is 9.80 Å². The Balaban J connectivity index is 2.19. The third-order valence-electron chi connectivity index (χ3n) is 3.70. The molecule has 0 bridgehead atoms. The zero-order chi connectivity index (χ0) is 17.5. The Kier molecular flexibility index (Phi) is 6.21. The van der Waals surface area contributed by atoms with E-state index in [1.807, 2.05) is 42.5 Å². The van der Waals surface area contributed by atoms with E-state index in [4.69, 9.17) is 12.2 Å². The van der Waals surface area contributed by atoms with Gasteiger partial charge in [0, 0.05) is 13.1 Å². The normalized spacial score (nSPS) is 16.1. The largest absolute Gasteiger partial charge is 0.284 e. The molecule has 0 unspecified atom stereocenters. The maximum Gasteiger partial charge on any atom is 0.241 e. The average Bonchev–Trinajstić information content (AvgIpc) is 2.59. The van der Waals surface area contributed by atoms with Crippen LogP contribution >= 0.6 is 12.2 Å². The number of amides is 2. The number of benzene rings is 1. The van der Waals surface area contributed by atoms with Crippen molar-refractivity contribution in [2.75, 3.05) is 13.1 Å². The molecule has 5 heteroatoms. The zero-order valence-electron chi connectivity index (χ0n) is 13.4. The Morgan fingerprint density at radius 3 is 2.04 bits per heavy atom. The van der Waals surface area contributed by atoms with Gasteiger partial charge in [0.25, 0.3) is 0 Å². The van der Waals surface area contributed by atoms with Crippen molar-refractivity contribution in [1.82, 2.24) is 9.80 Å². The summed E-state index contributed by atoms with van der Waals surface area (Å²) in [5.41, 5.74) is 1.02. The summed E-state index contributed by atoms with van der Waals surface area (Å²) in [6.07, 6.45) is 7.29. The van der Waals surface area contributed by atoms with Crippen LogP contribution < -0.4 is 0 Å². The molecule has 0 aliphatic carbocycles. The molecule has 1 heterocycles. The number of nitrogens with zero attached hydrogens (tertiary/aromatic N) is 2. The van der Waals surface area contributed by atoms with Crippen molar-refractivity contribution in [3.63, 3.8) is 0 Å². The van der Waals surface area contributed by atoms with Crippen LogP contribution in [-0.4, -0.2) is 39.8 Å². The lowest BCUT2D eigenvalue weighted by Gasteiger charge is -2.38. The fourth-order valence-corrected chi connectivity index (χ4v) is 2.85. The first-order valence-corrected chi connectivity index (χ1v) is 8.11. The minimum atomic E-state index is -0.767. The number of carbonyl (C=O) groups excluding carboxylic acids is 2. The Labute approximate surface area is 147 Å². The highest BCUT2D eigenvalue weighted by atomic mass is 32.1. The molecule has 1 aromatic rings. The molecule has 0 saturated carbocycles. The Morgan fingerprint density at radius 1 is 1.00 bits per heavy atom. The molecule has 1 aliphatic rings. The van der Waals surface area contributed by atoms with E-state index in [0.717, 1.165) is 5.56 Å². The SMILES string of the molecule is C=CCN1C(=O)C(C/C=C/c2ccccc2)C(=O)N(CC=C)C1=S. The van der Waals surface area contributed by atoms with Crippen LogP contribution in [0.25, 0.3) is 6.08 Å². The first kappa shape index (κ1) is 17.8. The topological polar surface area (TPSA) is 40.6 Å². The van der Waals surface area contributed by atoms with Gasteiger partial charge in [-0.3, -0.25) is 19.4 Å². The highest BCUT2D eigenvalue weighted by molar-refractivity contribution is 7.80. The van der Waals surface area contributed by atoms with E-state index in [9.17, 15) is 9.59 Å². The van der Waals surface area contributed by atoms with Crippen LogP contribution in [0.15, 0.2) is 61.7 Å². The summed E-state index contributed by atoms with van der Waals surface area (Å²) in [5, 5.41) is 0.216. The number of allylic oxidation sites excluding steroid dienone is 1. The van der Waals surface area contributed by atoms with Crippen molar-refractivity contribution in [1.29, 1.82) is 0 Å². The average molecular weight is 340 g/mol. The van der Waals surface area contributed by atoms with Gasteiger partial charge in [0.05, 0.1) is 0 Å². The van der Waals surface area contributed by atoms with Crippen molar-refractivity contribution < 1.29 is 9.59 Å². The number of hydrogen-bond acceptors (Lipinski definition) is 3. The molecule has 1 aliphatic heterocycles. The standard InChI is InChI=1S/C19H20N2O2S/c1-3-13-20-17(22)16(18(23)21(14-4-2)19(20)24)12-8-11-15-9-6-5-7-10-15/h3-11,16H,1-2,12-14H2/b11-8+. The molecule has 124 valence electrons. The first-order chi connectivity index (χ1) is 11.6. The van der Waals surface area contributed by atoms with Crippen LogP contribution in [0.5, 0.6) is 0 Å². The molecule has 0 radical (unpaired) electrons. The van der Waals surface area contributed by atoms with Gasteiger partial charge in [-0.25, -0.2) is 0 Å². The van der Waals surface area contributed by atoms with Gasteiger partial charge in [0.15, 0.2) is 5.11 Å². The fourth-order valence-electron chi connectivity index (χ4n) is 2.52. The van der Waals surface area contributed by atoms with Gasteiger partial charge >= 0.3 is 0 Å². The van der Waals surface area contributed by atoms with E-state index < -0.39 is 5.92 Å². The Bertz CT molecular complexity index is 650. The zero-order valence-corrected chi connectivity index (χ0v) is 14.2. The van der Waals surface area contributed by atoms with Crippen molar-refractivity contribution >= 4 is 35.2 Å². The van der Waals surface area contributed by atoms with E-state index >= 15 is 0 Å². The Hall–Kier alpha value is -2.53. The molecule has 4 nitrogen and oxygen atoms in total. The molecule has 0 spiro atoms. The van der Waals surface area contributed by atoms with Crippen LogP contribution in [0.2, 0.25) is 0 Å². The van der Waals surface area contributed by atoms with E-state index in [-0.39, 0.29) is 30.0 Å². The second-order valence-corrected chi connectivity index (χ2v) is 5.72. The molecule has 2 rings (SSSR count). The summed E-state index contributed by atoms with van der Waals surface area (Å²) in [6.45, 7) is 7.88. The van der Waals surface area contributed by atoms with Gasteiger partial charge in [-0.05, 0) is 24.2 Å². The number of thiocarbonyl (C=S) groups is 1. The summed E-state index contributed by atoms with van der Waals surface area (Å²) < 4.78 is 0. The second-order valence-electron chi connectivity index (χ2n) is 5.36. The maximum atomic E-state index is 12.6. The van der Waals surface area contributed by atoms with Gasteiger partial charge in [0.1, 0.15) is 5.92 Å². The monoisotopic (exact) mass is 340 g/mol. The van der Waals surface area contributed by atoms with Crippen molar-refractivity contribution in [3.8, 4) is 0 Å². The van der Waals surface area contributed by atoms with Crippen molar-refractivity contribution in [2.24, 2.45) is 5.92 Å². The van der Waals surface area contributed by atoms with Crippen LogP contribution in [-0.2, 0) is 9.59 Å². The molecule has 0 aromatic heterocycles. The summed E-state index contributed by atoms with van der Waals surface area (Å²) >= 11 is 5.27. The minimum absolute atomic E-state index is 0.216. The first-order valence-electron chi connectivity index (χ1n) is 7.70. The van der Waals surface area contributed by atoms with Gasteiger partial charge in [0.2, 0.25) is 11.8 Å². The third-order valence-corrected chi connectivity index (χ3v) is 4.14. The summed E-state index contributed by atoms with van der Waals surface area (Å²) in [7, 11) is 0. The smallest absolute Gasteiger partial charge is 0.241 e. The van der Waals surface area contributed by atoms with Gasteiger partial charge < -0.3 is 0 Å². The molecular weight excluding hydrogens is 320 g/mol. The second kappa shape index (κ2) is 8.36. The van der Waals surface area contributed by atoms with Crippen molar-refractivity contribution in [2.45, 2.75) is 6.42 Å². The van der Waals surface area contributed by atoms with Gasteiger partial charge in [-0.15, -0.1) is 13.2 Å². The molecule has 24 heavy (non-hydrogen) atoms. The van der Waals surface area contributed by atoms with Crippen LogP contribution in [0.4, 0.5) is 0 Å². The highest BCUT2D eigenvalue weighted by Crippen LogP contribution is 2.22. The van der Waals surface area contributed by atoms with E-state index in [2.05, 4.69) is 13.2 Å². The van der Waals surface area contributed by atoms with Crippen molar-refractivity contribution in [3.05, 3.63) is 67.3 Å². The fraction of sp³-hybridized carbons (Fsp3) is 0.211. The molecule has 1 fully saturated rings. The highest BCUT2D eigenvalue weighted by Gasteiger charge is 2.41. The van der Waals surface area contributed by atoms with Crippen LogP contribution in [0.3, 0.4) is 0 Å². The lowest BCUT2D eigenvalue weighted by atomic mass is 9.98. The van der Waals surface area contributed by atoms with Crippen LogP contribution in [0.1, 0.15) is 12.0 Å². The number of carbonyl (C=O) groups is 2. The number of hydrogen-bond donors (Lipinski definition) is 0. The lowest BCUT2D eigenvalue weighted by Crippen LogP contribution is -2.59. The molecule has 1 saturated heterocycles. The molecule has 2 amide bonds. The van der Waals surface area contributed by atoms with Crippen LogP contribution in [0, 0.1) is 5.92 Å². The molecule has 1 aromatic carbocycles.